The molecule has 12 nitrogen and oxygen atoms in total. The van der Waals surface area contributed by atoms with Crippen LogP contribution >= 0.6 is 0 Å². The Bertz CT molecular complexity index is 1870. The maximum atomic E-state index is 13.5. The van der Waals surface area contributed by atoms with Gasteiger partial charge < -0.3 is 40.3 Å². The molecule has 3 aromatic carbocycles. The normalized spacial score (nSPS) is 14.2. The lowest BCUT2D eigenvalue weighted by Gasteiger charge is -2.19. The van der Waals surface area contributed by atoms with Crippen molar-refractivity contribution in [3.8, 4) is 28.4 Å². The molecule has 12 heteroatoms. The number of ether oxygens (including phenoxy) is 3. The maximum absolute atomic E-state index is 13.5. The van der Waals surface area contributed by atoms with Gasteiger partial charge in [-0.3, -0.25) is 14.4 Å². The molecule has 1 heterocycles. The first kappa shape index (κ1) is 31.9. The molecule has 1 aliphatic rings. The van der Waals surface area contributed by atoms with E-state index in [1.165, 1.54) is 34.3 Å². The molecule has 1 aromatic heterocycles. The molecule has 2 unspecified atom stereocenters. The Morgan fingerprint density at radius 2 is 1.78 bits per heavy atom. The van der Waals surface area contributed by atoms with E-state index in [1.807, 2.05) is 30.3 Å². The number of nitrogens with one attached hydrogen (secondary N) is 4. The smallest absolute Gasteiger partial charge is 0.326 e. The van der Waals surface area contributed by atoms with Gasteiger partial charge in [0.15, 0.2) is 11.5 Å². The molecule has 5 rings (SSSR count). The van der Waals surface area contributed by atoms with Gasteiger partial charge in [-0.1, -0.05) is 24.3 Å². The second-order valence-electron chi connectivity index (χ2n) is 11.0. The van der Waals surface area contributed by atoms with Crippen LogP contribution in [0.3, 0.4) is 0 Å². The number of hydrogen-bond acceptors (Lipinski definition) is 8. The Hall–Kier alpha value is -5.52. The van der Waals surface area contributed by atoms with Crippen molar-refractivity contribution < 1.29 is 33.7 Å². The van der Waals surface area contributed by atoms with E-state index in [9.17, 15) is 24.3 Å². The molecule has 2 atom stereocenters. The Kier molecular flexibility index (Phi) is 9.45. The first-order chi connectivity index (χ1) is 22.1. The van der Waals surface area contributed by atoms with Crippen LogP contribution in [0, 0.1) is 0 Å². The third-order valence-corrected chi connectivity index (χ3v) is 8.09. The van der Waals surface area contributed by atoms with Crippen molar-refractivity contribution >= 4 is 34.4 Å². The summed E-state index contributed by atoms with van der Waals surface area (Å²) in [5, 5.41) is 19.1. The molecule has 0 radical (unpaired) electrons. The van der Waals surface area contributed by atoms with E-state index < -0.39 is 29.4 Å². The van der Waals surface area contributed by atoms with Crippen molar-refractivity contribution in [2.75, 3.05) is 33.2 Å². The number of para-hydroxylation sites is 1. The molecule has 0 fully saturated rings. The molecule has 0 saturated heterocycles. The second-order valence-corrected chi connectivity index (χ2v) is 11.0. The van der Waals surface area contributed by atoms with Crippen molar-refractivity contribution in [3.63, 3.8) is 0 Å². The van der Waals surface area contributed by atoms with Gasteiger partial charge in [-0.2, -0.15) is 0 Å². The molecular formula is C34H36N4O8. The van der Waals surface area contributed by atoms with Gasteiger partial charge in [0.1, 0.15) is 6.04 Å². The lowest BCUT2D eigenvalue weighted by Crippen LogP contribution is -2.44. The Balaban J connectivity index is 1.45. The molecule has 240 valence electrons. The van der Waals surface area contributed by atoms with E-state index >= 15 is 0 Å². The summed E-state index contributed by atoms with van der Waals surface area (Å²) in [6, 6.07) is 12.4. The van der Waals surface area contributed by atoms with Gasteiger partial charge in [0, 0.05) is 36.0 Å². The number of methoxy groups -OCH3 is 3. The Morgan fingerprint density at radius 1 is 1.02 bits per heavy atom. The molecule has 0 bridgehead atoms. The minimum absolute atomic E-state index is 0.0743. The number of carbonyl (C=O) groups excluding carboxylic acids is 2. The highest BCUT2D eigenvalue weighted by Crippen LogP contribution is 2.50. The number of anilines is 1. The lowest BCUT2D eigenvalue weighted by atomic mass is 9.95. The summed E-state index contributed by atoms with van der Waals surface area (Å²) < 4.78 is 17.0. The van der Waals surface area contributed by atoms with Crippen molar-refractivity contribution in [3.05, 3.63) is 81.6 Å². The number of hydrogen-bond donors (Lipinski definition) is 5. The predicted molar refractivity (Wildman–Crippen MR) is 173 cm³/mol. The van der Waals surface area contributed by atoms with Gasteiger partial charge in [0.25, 0.3) is 0 Å². The molecule has 0 aliphatic heterocycles. The zero-order valence-electron chi connectivity index (χ0n) is 26.0. The number of H-pyrrole nitrogens is 1. The van der Waals surface area contributed by atoms with Crippen molar-refractivity contribution in [2.45, 2.75) is 38.3 Å². The highest BCUT2D eigenvalue weighted by Gasteiger charge is 2.29. The molecule has 4 aromatic rings. The van der Waals surface area contributed by atoms with Gasteiger partial charge in [0.2, 0.25) is 23.0 Å². The number of aromatic nitrogens is 1. The summed E-state index contributed by atoms with van der Waals surface area (Å²) in [6.07, 6.45) is 2.86. The van der Waals surface area contributed by atoms with Crippen LogP contribution in [-0.4, -0.2) is 61.8 Å². The van der Waals surface area contributed by atoms with E-state index in [0.717, 1.165) is 22.0 Å². The van der Waals surface area contributed by atoms with Gasteiger partial charge >= 0.3 is 5.97 Å². The summed E-state index contributed by atoms with van der Waals surface area (Å²) in [5.41, 5.74) is 4.12. The van der Waals surface area contributed by atoms with Crippen molar-refractivity contribution in [2.24, 2.45) is 0 Å². The molecule has 0 spiro atoms. The standard InChI is InChI=1S/C34H36N4O8/c1-18(39)37-25-11-9-19-14-29(44-2)32(45-3)33(46-4)31(19)22-10-12-26(28(40)15-23(22)25)36-17-30(41)38-27(34(42)43)13-20-16-35-24-8-6-5-7-21(20)24/h5-8,10,12,14-16,25,27,35H,9,11,13,17H2,1-4H3,(H,36,40)(H,37,39)(H,38,41)(H,42,43). The lowest BCUT2D eigenvalue weighted by molar-refractivity contribution is -0.141. The van der Waals surface area contributed by atoms with E-state index in [0.29, 0.717) is 46.8 Å². The molecule has 5 N–H and O–H groups in total. The first-order valence-electron chi connectivity index (χ1n) is 14.7. The molecule has 0 saturated carbocycles. The molecule has 46 heavy (non-hydrogen) atoms. The number of carboxylic acids is 1. The number of aryl methyl sites for hydroxylation is 1. The minimum Gasteiger partial charge on any atom is -0.493 e. The van der Waals surface area contributed by atoms with E-state index in [-0.39, 0.29) is 24.6 Å². The number of carbonyl (C=O) groups is 3. The van der Waals surface area contributed by atoms with Gasteiger partial charge in [0.05, 0.1) is 39.6 Å². The van der Waals surface area contributed by atoms with Crippen LogP contribution in [-0.2, 0) is 27.2 Å². The summed E-state index contributed by atoms with van der Waals surface area (Å²) in [6.45, 7) is 1.07. The number of rotatable bonds is 11. The molecule has 2 amide bonds. The highest BCUT2D eigenvalue weighted by molar-refractivity contribution is 5.88. The van der Waals surface area contributed by atoms with Gasteiger partial charge in [-0.05, 0) is 59.4 Å². The SMILES string of the molecule is COc1cc2c(c(OC)c1OC)-c1ccc(NCC(=O)NC(Cc3c[nH]c4ccccc34)C(=O)O)c(=O)cc1C(NC(C)=O)CC2. The number of aromatic amines is 1. The fraction of sp³-hybridized carbons (Fsp3) is 0.294. The second kappa shape index (κ2) is 13.6. The molecule has 1 aliphatic carbocycles. The number of amides is 2. The van der Waals surface area contributed by atoms with E-state index in [2.05, 4.69) is 20.9 Å². The summed E-state index contributed by atoms with van der Waals surface area (Å²) in [7, 11) is 4.56. The number of aliphatic carboxylic acids is 1. The topological polar surface area (TPSA) is 168 Å². The van der Waals surface area contributed by atoms with Crippen molar-refractivity contribution in [1.29, 1.82) is 0 Å². The summed E-state index contributed by atoms with van der Waals surface area (Å²) >= 11 is 0. The summed E-state index contributed by atoms with van der Waals surface area (Å²) in [5.74, 6) is -0.735. The average Bonchev–Trinajstić information content (AvgIpc) is 3.29. The highest BCUT2D eigenvalue weighted by atomic mass is 16.5. The van der Waals surface area contributed by atoms with Gasteiger partial charge in [-0.15, -0.1) is 0 Å². The number of fused-ring (bicyclic) bond motifs is 4. The van der Waals surface area contributed by atoms with Crippen LogP contribution in [0.2, 0.25) is 0 Å². The van der Waals surface area contributed by atoms with Crippen LogP contribution in [0.15, 0.2) is 59.5 Å². The Morgan fingerprint density at radius 3 is 2.48 bits per heavy atom. The first-order valence-corrected chi connectivity index (χ1v) is 14.7. The quantitative estimate of drug-likeness (QED) is 0.167. The number of carboxylic acid groups (broad SMARTS) is 1. The van der Waals surface area contributed by atoms with Crippen LogP contribution in [0.4, 0.5) is 5.69 Å². The third-order valence-electron chi connectivity index (χ3n) is 8.09. The minimum atomic E-state index is -1.18. The van der Waals surface area contributed by atoms with Crippen LogP contribution < -0.4 is 35.6 Å². The predicted octanol–water partition coefficient (Wildman–Crippen LogP) is 3.57. The van der Waals surface area contributed by atoms with E-state index in [4.69, 9.17) is 14.2 Å². The van der Waals surface area contributed by atoms with Crippen LogP contribution in [0.5, 0.6) is 17.2 Å². The van der Waals surface area contributed by atoms with Crippen molar-refractivity contribution in [1.82, 2.24) is 15.6 Å². The largest absolute Gasteiger partial charge is 0.493 e. The number of benzene rings is 2. The van der Waals surface area contributed by atoms with Crippen LogP contribution in [0.25, 0.3) is 22.0 Å². The monoisotopic (exact) mass is 628 g/mol. The Labute approximate surface area is 265 Å². The fourth-order valence-electron chi connectivity index (χ4n) is 6.00. The summed E-state index contributed by atoms with van der Waals surface area (Å²) in [4.78, 5) is 53.8. The zero-order valence-corrected chi connectivity index (χ0v) is 26.0. The fourth-order valence-corrected chi connectivity index (χ4v) is 6.00. The third kappa shape index (κ3) is 6.46. The maximum Gasteiger partial charge on any atom is 0.326 e. The van der Waals surface area contributed by atoms with E-state index in [1.54, 1.807) is 18.3 Å². The molecular weight excluding hydrogens is 592 g/mol. The zero-order chi connectivity index (χ0) is 33.0. The van der Waals surface area contributed by atoms with Gasteiger partial charge in [-0.25, -0.2) is 4.79 Å². The average molecular weight is 629 g/mol. The van der Waals surface area contributed by atoms with Crippen LogP contribution in [0.1, 0.15) is 36.1 Å².